The van der Waals surface area contributed by atoms with E-state index in [2.05, 4.69) is 12.2 Å². The summed E-state index contributed by atoms with van der Waals surface area (Å²) >= 11 is 0. The van der Waals surface area contributed by atoms with Gasteiger partial charge in [0, 0.05) is 12.8 Å². The first-order chi connectivity index (χ1) is 13.5. The SMILES string of the molecule is CCC(C)OC(=O)CCC/C=C/CCCCCCCCCC(=O)OC(C)CC. The van der Waals surface area contributed by atoms with Gasteiger partial charge in [0.05, 0.1) is 12.2 Å². The smallest absolute Gasteiger partial charge is 0.306 e. The van der Waals surface area contributed by atoms with Crippen LogP contribution in [-0.4, -0.2) is 24.1 Å². The van der Waals surface area contributed by atoms with Crippen LogP contribution >= 0.6 is 0 Å². The number of hydrogen-bond donors (Lipinski definition) is 0. The van der Waals surface area contributed by atoms with Gasteiger partial charge in [-0.05, 0) is 58.8 Å². The number of hydrogen-bond acceptors (Lipinski definition) is 4. The Hall–Kier alpha value is -1.32. The van der Waals surface area contributed by atoms with E-state index < -0.39 is 0 Å². The van der Waals surface area contributed by atoms with E-state index in [1.54, 1.807) is 0 Å². The number of unbranched alkanes of at least 4 members (excludes halogenated alkanes) is 8. The maximum Gasteiger partial charge on any atom is 0.306 e. The highest BCUT2D eigenvalue weighted by Gasteiger charge is 2.07. The largest absolute Gasteiger partial charge is 0.463 e. The number of esters is 2. The van der Waals surface area contributed by atoms with Crippen LogP contribution in [0.2, 0.25) is 0 Å². The van der Waals surface area contributed by atoms with Crippen molar-refractivity contribution in [3.05, 3.63) is 12.2 Å². The maximum atomic E-state index is 11.6. The van der Waals surface area contributed by atoms with Gasteiger partial charge in [-0.1, -0.05) is 58.1 Å². The van der Waals surface area contributed by atoms with Crippen molar-refractivity contribution in [3.8, 4) is 0 Å². The Kier molecular flexibility index (Phi) is 18.1. The van der Waals surface area contributed by atoms with Crippen LogP contribution in [0.5, 0.6) is 0 Å². The number of carbonyl (C=O) groups excluding carboxylic acids is 2. The zero-order chi connectivity index (χ0) is 21.0. The molecule has 0 aliphatic heterocycles. The summed E-state index contributed by atoms with van der Waals surface area (Å²) in [5, 5.41) is 0. The van der Waals surface area contributed by atoms with E-state index >= 15 is 0 Å². The molecule has 0 fully saturated rings. The summed E-state index contributed by atoms with van der Waals surface area (Å²) in [4.78, 5) is 23.1. The summed E-state index contributed by atoms with van der Waals surface area (Å²) in [5.74, 6) is -0.122. The van der Waals surface area contributed by atoms with Crippen LogP contribution in [0.15, 0.2) is 12.2 Å². The third kappa shape index (κ3) is 18.1. The topological polar surface area (TPSA) is 52.6 Å². The Morgan fingerprint density at radius 1 is 0.643 bits per heavy atom. The minimum atomic E-state index is -0.0739. The first kappa shape index (κ1) is 26.7. The van der Waals surface area contributed by atoms with Gasteiger partial charge in [-0.2, -0.15) is 0 Å². The molecule has 164 valence electrons. The van der Waals surface area contributed by atoms with Crippen LogP contribution in [0.4, 0.5) is 0 Å². The quantitative estimate of drug-likeness (QED) is 0.143. The number of ether oxygens (including phenoxy) is 2. The number of allylic oxidation sites excluding steroid dienone is 2. The highest BCUT2D eigenvalue weighted by atomic mass is 16.5. The molecule has 0 radical (unpaired) electrons. The third-order valence-corrected chi connectivity index (χ3v) is 4.99. The van der Waals surface area contributed by atoms with Gasteiger partial charge in [-0.3, -0.25) is 9.59 Å². The molecular weight excluding hydrogens is 352 g/mol. The number of rotatable bonds is 18. The molecule has 0 spiro atoms. The molecular formula is C24H44O4. The summed E-state index contributed by atoms with van der Waals surface area (Å²) in [6.45, 7) is 7.93. The zero-order valence-corrected chi connectivity index (χ0v) is 18.8. The molecule has 0 saturated carbocycles. The van der Waals surface area contributed by atoms with E-state index in [1.165, 1.54) is 32.1 Å². The lowest BCUT2D eigenvalue weighted by Gasteiger charge is -2.10. The van der Waals surface area contributed by atoms with Crippen molar-refractivity contribution < 1.29 is 19.1 Å². The minimum absolute atomic E-state index is 0.0363. The van der Waals surface area contributed by atoms with E-state index in [1.807, 2.05) is 27.7 Å². The fraction of sp³-hybridized carbons (Fsp3) is 0.833. The molecule has 0 bridgehead atoms. The molecule has 28 heavy (non-hydrogen) atoms. The van der Waals surface area contributed by atoms with Crippen LogP contribution < -0.4 is 0 Å². The molecule has 0 aromatic carbocycles. The van der Waals surface area contributed by atoms with Gasteiger partial charge in [0.2, 0.25) is 0 Å². The van der Waals surface area contributed by atoms with Gasteiger partial charge in [0.15, 0.2) is 0 Å². The molecule has 0 N–H and O–H groups in total. The predicted molar refractivity (Wildman–Crippen MR) is 116 cm³/mol. The van der Waals surface area contributed by atoms with Gasteiger partial charge in [-0.25, -0.2) is 0 Å². The summed E-state index contributed by atoms with van der Waals surface area (Å²) in [7, 11) is 0. The first-order valence-corrected chi connectivity index (χ1v) is 11.5. The van der Waals surface area contributed by atoms with Crippen LogP contribution in [0.3, 0.4) is 0 Å². The van der Waals surface area contributed by atoms with Crippen molar-refractivity contribution in [1.29, 1.82) is 0 Å². The van der Waals surface area contributed by atoms with E-state index in [-0.39, 0.29) is 24.1 Å². The van der Waals surface area contributed by atoms with E-state index in [4.69, 9.17) is 9.47 Å². The lowest BCUT2D eigenvalue weighted by atomic mass is 10.1. The summed E-state index contributed by atoms with van der Waals surface area (Å²) in [6.07, 6.45) is 18.6. The lowest BCUT2D eigenvalue weighted by molar-refractivity contribution is -0.149. The highest BCUT2D eigenvalue weighted by molar-refractivity contribution is 5.69. The predicted octanol–water partition coefficient (Wildman–Crippen LogP) is 6.91. The summed E-state index contributed by atoms with van der Waals surface area (Å²) in [5.41, 5.74) is 0. The molecule has 2 unspecified atom stereocenters. The summed E-state index contributed by atoms with van der Waals surface area (Å²) < 4.78 is 10.5. The van der Waals surface area contributed by atoms with E-state index in [9.17, 15) is 9.59 Å². The average molecular weight is 397 g/mol. The van der Waals surface area contributed by atoms with Crippen molar-refractivity contribution in [1.82, 2.24) is 0 Å². The monoisotopic (exact) mass is 396 g/mol. The molecule has 0 rings (SSSR count). The summed E-state index contributed by atoms with van der Waals surface area (Å²) in [6, 6.07) is 0. The lowest BCUT2D eigenvalue weighted by Crippen LogP contribution is -2.13. The molecule has 4 heteroatoms. The van der Waals surface area contributed by atoms with Crippen LogP contribution in [-0.2, 0) is 19.1 Å². The molecule has 0 aliphatic rings. The van der Waals surface area contributed by atoms with Crippen LogP contribution in [0.1, 0.15) is 118 Å². The second-order valence-electron chi connectivity index (χ2n) is 7.79. The molecule has 0 aromatic heterocycles. The van der Waals surface area contributed by atoms with Crippen molar-refractivity contribution >= 4 is 11.9 Å². The fourth-order valence-corrected chi connectivity index (χ4v) is 2.75. The standard InChI is InChI=1S/C24H44O4/c1-5-21(3)27-23(25)19-17-15-13-11-9-7-8-10-12-14-16-18-20-24(26)28-22(4)6-2/h11,13,21-22H,5-10,12,14-20H2,1-4H3/b13-11+. The molecule has 0 aliphatic carbocycles. The molecule has 2 atom stereocenters. The number of carbonyl (C=O) groups is 2. The Bertz CT molecular complexity index is 417. The van der Waals surface area contributed by atoms with E-state index in [0.717, 1.165) is 44.9 Å². The Morgan fingerprint density at radius 3 is 1.54 bits per heavy atom. The first-order valence-electron chi connectivity index (χ1n) is 11.5. The molecule has 4 nitrogen and oxygen atoms in total. The Labute approximate surface area is 173 Å². The second-order valence-corrected chi connectivity index (χ2v) is 7.79. The zero-order valence-electron chi connectivity index (χ0n) is 18.8. The van der Waals surface area contributed by atoms with Crippen molar-refractivity contribution in [3.63, 3.8) is 0 Å². The van der Waals surface area contributed by atoms with Crippen molar-refractivity contribution in [2.45, 2.75) is 130 Å². The van der Waals surface area contributed by atoms with Gasteiger partial charge in [0.25, 0.3) is 0 Å². The molecule has 0 saturated heterocycles. The normalized spacial score (nSPS) is 13.4. The maximum absolute atomic E-state index is 11.6. The van der Waals surface area contributed by atoms with Gasteiger partial charge in [-0.15, -0.1) is 0 Å². The Morgan fingerprint density at radius 2 is 1.04 bits per heavy atom. The molecule has 0 aromatic rings. The molecule has 0 amide bonds. The third-order valence-electron chi connectivity index (χ3n) is 4.99. The molecule has 0 heterocycles. The Balaban J connectivity index is 3.34. The van der Waals surface area contributed by atoms with Crippen LogP contribution in [0.25, 0.3) is 0 Å². The highest BCUT2D eigenvalue weighted by Crippen LogP contribution is 2.11. The van der Waals surface area contributed by atoms with Gasteiger partial charge in [0.1, 0.15) is 0 Å². The van der Waals surface area contributed by atoms with Gasteiger partial charge < -0.3 is 9.47 Å². The van der Waals surface area contributed by atoms with E-state index in [0.29, 0.717) is 12.8 Å². The second kappa shape index (κ2) is 19.0. The van der Waals surface area contributed by atoms with Crippen LogP contribution in [0, 0.1) is 0 Å². The average Bonchev–Trinajstić information content (AvgIpc) is 2.67. The minimum Gasteiger partial charge on any atom is -0.463 e. The fourth-order valence-electron chi connectivity index (χ4n) is 2.75. The van der Waals surface area contributed by atoms with Crippen molar-refractivity contribution in [2.75, 3.05) is 0 Å². The van der Waals surface area contributed by atoms with Crippen molar-refractivity contribution in [2.24, 2.45) is 0 Å². The van der Waals surface area contributed by atoms with Gasteiger partial charge >= 0.3 is 11.9 Å².